The van der Waals surface area contributed by atoms with Crippen molar-refractivity contribution in [3.63, 3.8) is 0 Å². The number of hydrogen-bond donors (Lipinski definition) is 0. The van der Waals surface area contributed by atoms with E-state index in [1.54, 1.807) is 4.90 Å². The average molecular weight is 335 g/mol. The van der Waals surface area contributed by atoms with Gasteiger partial charge >= 0.3 is 0 Å². The molecule has 0 aromatic heterocycles. The van der Waals surface area contributed by atoms with Crippen molar-refractivity contribution in [2.75, 3.05) is 26.2 Å². The van der Waals surface area contributed by atoms with Crippen molar-refractivity contribution in [1.82, 2.24) is 9.21 Å². The van der Waals surface area contributed by atoms with Crippen LogP contribution >= 0.6 is 11.6 Å². The fraction of sp³-hybridized carbons (Fsp3) is 0.462. The molecule has 2 rings (SSSR count). The first-order valence-electron chi connectivity index (χ1n) is 6.47. The lowest BCUT2D eigenvalue weighted by atomic mass is 10.2. The van der Waals surface area contributed by atoms with Gasteiger partial charge in [-0.2, -0.15) is 4.31 Å². The number of halogens is 2. The molecule has 0 spiro atoms. The summed E-state index contributed by atoms with van der Waals surface area (Å²) in [6, 6.07) is 3.93. The van der Waals surface area contributed by atoms with E-state index in [0.29, 0.717) is 13.1 Å². The molecule has 0 aliphatic carbocycles. The Balaban J connectivity index is 2.07. The van der Waals surface area contributed by atoms with E-state index in [0.717, 1.165) is 6.07 Å². The summed E-state index contributed by atoms with van der Waals surface area (Å²) in [4.78, 5) is 12.8. The summed E-state index contributed by atoms with van der Waals surface area (Å²) in [6.45, 7) is 2.64. The number of piperazine rings is 1. The van der Waals surface area contributed by atoms with Gasteiger partial charge in [0.2, 0.25) is 15.9 Å². The SMILES string of the molecule is CC(=O)N1CCN(S(=O)(=O)Cc2ccc(Cl)cc2F)CC1. The maximum absolute atomic E-state index is 13.7. The van der Waals surface area contributed by atoms with Crippen LogP contribution in [0.1, 0.15) is 12.5 Å². The van der Waals surface area contributed by atoms with Gasteiger partial charge < -0.3 is 4.90 Å². The summed E-state index contributed by atoms with van der Waals surface area (Å²) in [5.74, 6) is -1.11. The van der Waals surface area contributed by atoms with Crippen molar-refractivity contribution >= 4 is 27.5 Å². The van der Waals surface area contributed by atoms with Crippen LogP contribution in [-0.4, -0.2) is 49.7 Å². The van der Waals surface area contributed by atoms with Gasteiger partial charge in [-0.15, -0.1) is 0 Å². The van der Waals surface area contributed by atoms with E-state index in [9.17, 15) is 17.6 Å². The van der Waals surface area contributed by atoms with Gasteiger partial charge in [0.1, 0.15) is 5.82 Å². The Bertz CT molecular complexity index is 643. The molecular weight excluding hydrogens is 319 g/mol. The molecule has 1 aromatic rings. The molecule has 0 saturated carbocycles. The molecule has 0 bridgehead atoms. The fourth-order valence-corrected chi connectivity index (χ4v) is 3.90. The van der Waals surface area contributed by atoms with E-state index < -0.39 is 21.6 Å². The normalized spacial score (nSPS) is 17.0. The Morgan fingerprint density at radius 2 is 1.90 bits per heavy atom. The molecule has 5 nitrogen and oxygen atoms in total. The highest BCUT2D eigenvalue weighted by Crippen LogP contribution is 2.19. The van der Waals surface area contributed by atoms with Gasteiger partial charge in [0.25, 0.3) is 0 Å². The van der Waals surface area contributed by atoms with Crippen LogP contribution in [-0.2, 0) is 20.6 Å². The maximum Gasteiger partial charge on any atom is 0.219 e. The van der Waals surface area contributed by atoms with Gasteiger partial charge in [-0.25, -0.2) is 12.8 Å². The van der Waals surface area contributed by atoms with Crippen LogP contribution in [0.25, 0.3) is 0 Å². The summed E-state index contributed by atoms with van der Waals surface area (Å²) in [6.07, 6.45) is 0. The number of nitrogens with zero attached hydrogens (tertiary/aromatic N) is 2. The molecule has 116 valence electrons. The van der Waals surface area contributed by atoms with E-state index >= 15 is 0 Å². The molecule has 1 aliphatic rings. The molecule has 0 radical (unpaired) electrons. The van der Waals surface area contributed by atoms with Gasteiger partial charge in [0, 0.05) is 43.7 Å². The van der Waals surface area contributed by atoms with E-state index in [1.807, 2.05) is 0 Å². The lowest BCUT2D eigenvalue weighted by Gasteiger charge is -2.33. The summed E-state index contributed by atoms with van der Waals surface area (Å²) < 4.78 is 39.6. The Hall–Kier alpha value is -1.18. The highest BCUT2D eigenvalue weighted by atomic mass is 35.5. The zero-order valence-electron chi connectivity index (χ0n) is 11.6. The van der Waals surface area contributed by atoms with Crippen LogP contribution in [0, 0.1) is 5.82 Å². The van der Waals surface area contributed by atoms with E-state index in [4.69, 9.17) is 11.6 Å². The molecule has 1 amide bonds. The first kappa shape index (κ1) is 16.2. The molecule has 0 N–H and O–H groups in total. The van der Waals surface area contributed by atoms with Gasteiger partial charge in [-0.3, -0.25) is 4.79 Å². The Morgan fingerprint density at radius 3 is 2.43 bits per heavy atom. The second kappa shape index (κ2) is 6.29. The number of sulfonamides is 1. The minimum Gasteiger partial charge on any atom is -0.340 e. The zero-order valence-corrected chi connectivity index (χ0v) is 13.1. The second-order valence-corrected chi connectivity index (χ2v) is 7.30. The number of hydrogen-bond acceptors (Lipinski definition) is 3. The summed E-state index contributed by atoms with van der Waals surface area (Å²) in [5.41, 5.74) is 0.0911. The average Bonchev–Trinajstić information content (AvgIpc) is 2.42. The number of benzene rings is 1. The summed E-state index contributed by atoms with van der Waals surface area (Å²) >= 11 is 5.65. The monoisotopic (exact) mass is 334 g/mol. The highest BCUT2D eigenvalue weighted by molar-refractivity contribution is 7.88. The molecule has 1 saturated heterocycles. The van der Waals surface area contributed by atoms with Crippen LogP contribution in [0.2, 0.25) is 5.02 Å². The van der Waals surface area contributed by atoms with Crippen molar-refractivity contribution in [1.29, 1.82) is 0 Å². The molecule has 21 heavy (non-hydrogen) atoms. The molecule has 1 aromatic carbocycles. The van der Waals surface area contributed by atoms with Crippen LogP contribution in [0.15, 0.2) is 18.2 Å². The number of carbonyl (C=O) groups is 1. The maximum atomic E-state index is 13.7. The molecule has 0 atom stereocenters. The Kier molecular flexibility index (Phi) is 4.85. The molecule has 1 heterocycles. The second-order valence-electron chi connectivity index (χ2n) is 4.90. The van der Waals surface area contributed by atoms with Gasteiger partial charge in [-0.1, -0.05) is 17.7 Å². The molecule has 1 fully saturated rings. The first-order chi connectivity index (χ1) is 9.79. The van der Waals surface area contributed by atoms with E-state index in [-0.39, 0.29) is 29.6 Å². The van der Waals surface area contributed by atoms with Crippen LogP contribution in [0.5, 0.6) is 0 Å². The minimum atomic E-state index is -3.61. The Morgan fingerprint density at radius 1 is 1.29 bits per heavy atom. The Labute approximate surface area is 128 Å². The number of rotatable bonds is 3. The smallest absolute Gasteiger partial charge is 0.219 e. The van der Waals surface area contributed by atoms with Crippen LogP contribution in [0.3, 0.4) is 0 Å². The number of amides is 1. The fourth-order valence-electron chi connectivity index (χ4n) is 2.21. The van der Waals surface area contributed by atoms with Crippen LogP contribution < -0.4 is 0 Å². The molecule has 1 aliphatic heterocycles. The minimum absolute atomic E-state index is 0.0733. The molecule has 0 unspecified atom stereocenters. The quantitative estimate of drug-likeness (QED) is 0.841. The third-order valence-electron chi connectivity index (χ3n) is 3.43. The van der Waals surface area contributed by atoms with Gasteiger partial charge in [-0.05, 0) is 12.1 Å². The van der Waals surface area contributed by atoms with Crippen molar-refractivity contribution in [2.45, 2.75) is 12.7 Å². The lowest BCUT2D eigenvalue weighted by Crippen LogP contribution is -2.50. The largest absolute Gasteiger partial charge is 0.340 e. The highest BCUT2D eigenvalue weighted by Gasteiger charge is 2.28. The van der Waals surface area contributed by atoms with Gasteiger partial charge in [0.05, 0.1) is 5.75 Å². The molecule has 8 heteroatoms. The zero-order chi connectivity index (χ0) is 15.6. The topological polar surface area (TPSA) is 57.7 Å². The standard InChI is InChI=1S/C13H16ClFN2O3S/c1-10(18)16-4-6-17(7-5-16)21(19,20)9-11-2-3-12(14)8-13(11)15/h2-3,8H,4-7,9H2,1H3. The third kappa shape index (κ3) is 3.93. The summed E-state index contributed by atoms with van der Waals surface area (Å²) in [5, 5.41) is 0.226. The number of carbonyl (C=O) groups excluding carboxylic acids is 1. The third-order valence-corrected chi connectivity index (χ3v) is 5.49. The molecular formula is C13H16ClFN2O3S. The van der Waals surface area contributed by atoms with E-state index in [2.05, 4.69) is 0 Å². The summed E-state index contributed by atoms with van der Waals surface area (Å²) in [7, 11) is -3.61. The lowest BCUT2D eigenvalue weighted by molar-refractivity contribution is -0.129. The van der Waals surface area contributed by atoms with Crippen molar-refractivity contribution in [3.8, 4) is 0 Å². The van der Waals surface area contributed by atoms with Crippen molar-refractivity contribution in [2.24, 2.45) is 0 Å². The van der Waals surface area contributed by atoms with Crippen molar-refractivity contribution < 1.29 is 17.6 Å². The van der Waals surface area contributed by atoms with Crippen LogP contribution in [0.4, 0.5) is 4.39 Å². The van der Waals surface area contributed by atoms with Crippen molar-refractivity contribution in [3.05, 3.63) is 34.6 Å². The first-order valence-corrected chi connectivity index (χ1v) is 8.45. The van der Waals surface area contributed by atoms with E-state index in [1.165, 1.54) is 23.4 Å². The van der Waals surface area contributed by atoms with Gasteiger partial charge in [0.15, 0.2) is 0 Å². The predicted molar refractivity (Wildman–Crippen MR) is 77.9 cm³/mol. The predicted octanol–water partition coefficient (Wildman–Crippen LogP) is 1.47.